The van der Waals surface area contributed by atoms with Crippen LogP contribution in [-0.4, -0.2) is 22.0 Å². The summed E-state index contributed by atoms with van der Waals surface area (Å²) in [7, 11) is 1.97. The van der Waals surface area contributed by atoms with E-state index in [4.69, 9.17) is 4.74 Å². The van der Waals surface area contributed by atoms with Crippen molar-refractivity contribution in [3.63, 3.8) is 0 Å². The first kappa shape index (κ1) is 12.0. The van der Waals surface area contributed by atoms with E-state index in [0.717, 1.165) is 13.0 Å². The summed E-state index contributed by atoms with van der Waals surface area (Å²) < 4.78 is 8.79. The van der Waals surface area contributed by atoms with Gasteiger partial charge in [-0.1, -0.05) is 0 Å². The van der Waals surface area contributed by atoms with E-state index in [1.165, 1.54) is 9.26 Å². The van der Waals surface area contributed by atoms with E-state index in [1.54, 1.807) is 0 Å². The van der Waals surface area contributed by atoms with Crippen LogP contribution in [0.4, 0.5) is 0 Å². The van der Waals surface area contributed by atoms with Crippen LogP contribution in [0.3, 0.4) is 0 Å². The average Bonchev–Trinajstić information content (AvgIpc) is 2.35. The molecule has 4 heteroatoms. The Bertz CT molecular complexity index is 288. The number of aromatic nitrogens is 2. The molecule has 0 amide bonds. The van der Waals surface area contributed by atoms with Gasteiger partial charge in [0.2, 0.25) is 0 Å². The molecule has 0 saturated heterocycles. The van der Waals surface area contributed by atoms with Crippen molar-refractivity contribution in [1.82, 2.24) is 9.78 Å². The zero-order chi connectivity index (χ0) is 10.8. The number of hydrogen-bond acceptors (Lipinski definition) is 2. The van der Waals surface area contributed by atoms with Crippen LogP contribution in [-0.2, 0) is 18.2 Å². The molecule has 0 N–H and O–H groups in total. The van der Waals surface area contributed by atoms with Crippen molar-refractivity contribution in [2.75, 3.05) is 6.61 Å². The van der Waals surface area contributed by atoms with Crippen LogP contribution in [0, 0.1) is 3.57 Å². The zero-order valence-corrected chi connectivity index (χ0v) is 11.3. The predicted octanol–water partition coefficient (Wildman–Crippen LogP) is 2.38. The van der Waals surface area contributed by atoms with Gasteiger partial charge in [0.25, 0.3) is 0 Å². The van der Waals surface area contributed by atoms with Crippen LogP contribution in [0.25, 0.3) is 0 Å². The van der Waals surface area contributed by atoms with Gasteiger partial charge in [-0.25, -0.2) is 0 Å². The van der Waals surface area contributed by atoms with Crippen molar-refractivity contribution in [1.29, 1.82) is 0 Å². The van der Waals surface area contributed by atoms with Crippen molar-refractivity contribution in [3.05, 3.63) is 15.5 Å². The van der Waals surface area contributed by atoms with E-state index >= 15 is 0 Å². The lowest BCUT2D eigenvalue weighted by molar-refractivity contribution is -0.0107. The van der Waals surface area contributed by atoms with Gasteiger partial charge in [0.15, 0.2) is 0 Å². The highest BCUT2D eigenvalue weighted by molar-refractivity contribution is 14.1. The van der Waals surface area contributed by atoms with E-state index in [2.05, 4.69) is 41.5 Å². The Morgan fingerprint density at radius 1 is 1.57 bits per heavy atom. The molecule has 1 heterocycles. The molecule has 0 aromatic carbocycles. The van der Waals surface area contributed by atoms with Gasteiger partial charge in [-0.3, -0.25) is 4.68 Å². The van der Waals surface area contributed by atoms with Crippen molar-refractivity contribution in [3.8, 4) is 0 Å². The van der Waals surface area contributed by atoms with Gasteiger partial charge in [0, 0.05) is 20.1 Å². The lowest BCUT2D eigenvalue weighted by atomic mass is 10.0. The number of nitrogens with zero attached hydrogens (tertiary/aromatic N) is 2. The van der Waals surface area contributed by atoms with E-state index < -0.39 is 0 Å². The fraction of sp³-hybridized carbons (Fsp3) is 0.700. The van der Waals surface area contributed by atoms with E-state index in [-0.39, 0.29) is 5.60 Å². The lowest BCUT2D eigenvalue weighted by Gasteiger charge is -2.24. The van der Waals surface area contributed by atoms with Crippen LogP contribution in [0.15, 0.2) is 6.20 Å². The van der Waals surface area contributed by atoms with Gasteiger partial charge in [0.1, 0.15) is 0 Å². The van der Waals surface area contributed by atoms with E-state index in [0.29, 0.717) is 0 Å². The fourth-order valence-corrected chi connectivity index (χ4v) is 2.14. The SMILES string of the molecule is CCOC(C)(C)Cc1c(I)cnn1C. The van der Waals surface area contributed by atoms with Crippen LogP contribution < -0.4 is 0 Å². The van der Waals surface area contributed by atoms with E-state index in [9.17, 15) is 0 Å². The van der Waals surface area contributed by atoms with Crippen molar-refractivity contribution in [2.24, 2.45) is 7.05 Å². The normalized spacial score (nSPS) is 12.1. The molecule has 1 rings (SSSR count). The van der Waals surface area contributed by atoms with Crippen LogP contribution in [0.5, 0.6) is 0 Å². The molecule has 0 saturated carbocycles. The van der Waals surface area contributed by atoms with Gasteiger partial charge < -0.3 is 4.74 Å². The highest BCUT2D eigenvalue weighted by Crippen LogP contribution is 2.20. The molecule has 0 fully saturated rings. The van der Waals surface area contributed by atoms with Gasteiger partial charge in [-0.15, -0.1) is 0 Å². The summed E-state index contributed by atoms with van der Waals surface area (Å²) in [5.41, 5.74) is 1.13. The molecular weight excluding hydrogens is 291 g/mol. The van der Waals surface area contributed by atoms with Gasteiger partial charge in [-0.05, 0) is 43.4 Å². The summed E-state index contributed by atoms with van der Waals surface area (Å²) in [6.45, 7) is 7.00. The molecule has 0 aliphatic rings. The third-order valence-electron chi connectivity index (χ3n) is 2.14. The second kappa shape index (κ2) is 4.61. The monoisotopic (exact) mass is 308 g/mol. The predicted molar refractivity (Wildman–Crippen MR) is 65.3 cm³/mol. The molecule has 0 bridgehead atoms. The summed E-state index contributed by atoms with van der Waals surface area (Å²) in [5, 5.41) is 4.21. The van der Waals surface area contributed by atoms with Crippen LogP contribution >= 0.6 is 22.6 Å². The Kier molecular flexibility index (Phi) is 3.94. The maximum Gasteiger partial charge on any atom is 0.0681 e. The molecule has 0 atom stereocenters. The molecule has 1 aromatic rings. The largest absolute Gasteiger partial charge is 0.375 e. The Morgan fingerprint density at radius 2 is 2.21 bits per heavy atom. The third-order valence-corrected chi connectivity index (χ3v) is 3.04. The summed E-state index contributed by atoms with van der Waals surface area (Å²) in [6, 6.07) is 0. The summed E-state index contributed by atoms with van der Waals surface area (Å²) in [6.07, 6.45) is 2.79. The minimum atomic E-state index is -0.109. The topological polar surface area (TPSA) is 27.1 Å². The van der Waals surface area contributed by atoms with Crippen molar-refractivity contribution >= 4 is 22.6 Å². The highest BCUT2D eigenvalue weighted by Gasteiger charge is 2.21. The number of rotatable bonds is 4. The molecule has 0 aliphatic carbocycles. The Balaban J connectivity index is 2.77. The third kappa shape index (κ3) is 2.95. The minimum Gasteiger partial charge on any atom is -0.375 e. The molecule has 0 unspecified atom stereocenters. The second-order valence-electron chi connectivity index (χ2n) is 3.93. The molecule has 80 valence electrons. The average molecular weight is 308 g/mol. The summed E-state index contributed by atoms with van der Waals surface area (Å²) >= 11 is 2.31. The summed E-state index contributed by atoms with van der Waals surface area (Å²) in [4.78, 5) is 0. The first-order valence-corrected chi connectivity index (χ1v) is 5.84. The highest BCUT2D eigenvalue weighted by atomic mass is 127. The second-order valence-corrected chi connectivity index (χ2v) is 5.09. The Hall–Kier alpha value is -0.100. The molecule has 0 aliphatic heterocycles. The smallest absolute Gasteiger partial charge is 0.0681 e. The van der Waals surface area contributed by atoms with Gasteiger partial charge in [-0.2, -0.15) is 5.10 Å². The quantitative estimate of drug-likeness (QED) is 0.799. The van der Waals surface area contributed by atoms with Crippen LogP contribution in [0.1, 0.15) is 26.5 Å². The Morgan fingerprint density at radius 3 is 2.64 bits per heavy atom. The first-order valence-electron chi connectivity index (χ1n) is 4.76. The maximum absolute atomic E-state index is 5.67. The fourth-order valence-electron chi connectivity index (χ4n) is 1.48. The summed E-state index contributed by atoms with van der Waals surface area (Å²) in [5.74, 6) is 0. The Labute approximate surface area is 99.0 Å². The van der Waals surface area contributed by atoms with Crippen molar-refractivity contribution < 1.29 is 4.74 Å². The first-order chi connectivity index (χ1) is 6.46. The molecule has 0 spiro atoms. The molecule has 1 aromatic heterocycles. The molecule has 3 nitrogen and oxygen atoms in total. The molecule has 0 radical (unpaired) electrons. The number of halogens is 1. The maximum atomic E-state index is 5.67. The van der Waals surface area contributed by atoms with Crippen LogP contribution in [0.2, 0.25) is 0 Å². The number of aryl methyl sites for hydroxylation is 1. The number of ether oxygens (including phenoxy) is 1. The lowest BCUT2D eigenvalue weighted by Crippen LogP contribution is -2.28. The van der Waals surface area contributed by atoms with E-state index in [1.807, 2.05) is 24.9 Å². The molecular formula is C10H17IN2O. The minimum absolute atomic E-state index is 0.109. The standard InChI is InChI=1S/C10H17IN2O/c1-5-14-10(2,3)6-9-8(11)7-12-13(9)4/h7H,5-6H2,1-4H3. The van der Waals surface area contributed by atoms with Gasteiger partial charge >= 0.3 is 0 Å². The van der Waals surface area contributed by atoms with Crippen molar-refractivity contribution in [2.45, 2.75) is 32.8 Å². The van der Waals surface area contributed by atoms with Gasteiger partial charge in [0.05, 0.1) is 21.1 Å². The number of hydrogen-bond donors (Lipinski definition) is 0. The zero-order valence-electron chi connectivity index (χ0n) is 9.17. The molecule has 14 heavy (non-hydrogen) atoms.